The normalized spacial score (nSPS) is 12.0. The number of methoxy groups -OCH3 is 1. The van der Waals surface area contributed by atoms with Crippen LogP contribution in [0.2, 0.25) is 10.0 Å². The largest absolute Gasteiger partial charge is 0.467 e. The highest BCUT2D eigenvalue weighted by Gasteiger charge is 2.28. The minimum atomic E-state index is -2.35. The van der Waals surface area contributed by atoms with E-state index in [1.807, 2.05) is 0 Å². The van der Waals surface area contributed by atoms with E-state index in [1.54, 1.807) is 0 Å². The molecule has 0 bridgehead atoms. The van der Waals surface area contributed by atoms with Crippen LogP contribution in [0.5, 0.6) is 0 Å². The van der Waals surface area contributed by atoms with Crippen molar-refractivity contribution in [3.05, 3.63) is 33.8 Å². The molecule has 0 aliphatic heterocycles. The number of ketones is 1. The maximum Gasteiger partial charge on any atom is 0.348 e. The monoisotopic (exact) mass is 264 g/mol. The number of alkyl halides is 1. The summed E-state index contributed by atoms with van der Waals surface area (Å²) < 4.78 is 17.3. The molecule has 86 valence electrons. The van der Waals surface area contributed by atoms with Crippen molar-refractivity contribution < 1.29 is 18.7 Å². The maximum absolute atomic E-state index is 13.2. The lowest BCUT2D eigenvalue weighted by Gasteiger charge is -2.05. The zero-order valence-electron chi connectivity index (χ0n) is 8.17. The molecule has 0 amide bonds. The Balaban J connectivity index is 2.97. The number of carbonyl (C=O) groups is 2. The third-order valence-electron chi connectivity index (χ3n) is 1.84. The summed E-state index contributed by atoms with van der Waals surface area (Å²) in [6.07, 6.45) is -2.35. The van der Waals surface area contributed by atoms with Crippen molar-refractivity contribution in [2.75, 3.05) is 7.11 Å². The van der Waals surface area contributed by atoms with Crippen LogP contribution in [0.15, 0.2) is 18.2 Å². The Morgan fingerprint density at radius 3 is 2.44 bits per heavy atom. The molecule has 0 aliphatic carbocycles. The number of rotatable bonds is 3. The molecule has 0 aromatic heterocycles. The van der Waals surface area contributed by atoms with E-state index in [9.17, 15) is 14.0 Å². The summed E-state index contributed by atoms with van der Waals surface area (Å²) in [5.74, 6) is -2.25. The Kier molecular flexibility index (Phi) is 4.26. The predicted molar refractivity (Wildman–Crippen MR) is 57.7 cm³/mol. The quantitative estimate of drug-likeness (QED) is 0.479. The molecule has 0 heterocycles. The lowest BCUT2D eigenvalue weighted by Crippen LogP contribution is -2.26. The van der Waals surface area contributed by atoms with E-state index in [0.717, 1.165) is 7.11 Å². The van der Waals surface area contributed by atoms with E-state index in [4.69, 9.17) is 23.2 Å². The van der Waals surface area contributed by atoms with Gasteiger partial charge in [-0.2, -0.15) is 0 Å². The Labute approximate surface area is 101 Å². The summed E-state index contributed by atoms with van der Waals surface area (Å²) >= 11 is 11.3. The van der Waals surface area contributed by atoms with E-state index in [1.165, 1.54) is 18.2 Å². The van der Waals surface area contributed by atoms with E-state index < -0.39 is 17.9 Å². The molecule has 6 heteroatoms. The number of hydrogen-bond donors (Lipinski definition) is 0. The molecular weight excluding hydrogens is 258 g/mol. The molecule has 16 heavy (non-hydrogen) atoms. The summed E-state index contributed by atoms with van der Waals surface area (Å²) in [5.41, 5.74) is -0.0349. The molecule has 1 aromatic rings. The highest BCUT2D eigenvalue weighted by Crippen LogP contribution is 2.23. The highest BCUT2D eigenvalue weighted by atomic mass is 35.5. The van der Waals surface area contributed by atoms with Gasteiger partial charge in [0.15, 0.2) is 0 Å². The first kappa shape index (κ1) is 12.9. The van der Waals surface area contributed by atoms with E-state index in [0.29, 0.717) is 0 Å². The van der Waals surface area contributed by atoms with Gasteiger partial charge in [-0.1, -0.05) is 23.2 Å². The van der Waals surface area contributed by atoms with Crippen LogP contribution < -0.4 is 0 Å². The van der Waals surface area contributed by atoms with Gasteiger partial charge in [0.2, 0.25) is 5.78 Å². The number of esters is 1. The van der Waals surface area contributed by atoms with Gasteiger partial charge in [-0.3, -0.25) is 4.79 Å². The van der Waals surface area contributed by atoms with Crippen LogP contribution in [0.4, 0.5) is 4.39 Å². The van der Waals surface area contributed by atoms with Crippen LogP contribution in [-0.2, 0) is 9.53 Å². The first-order valence-corrected chi connectivity index (χ1v) is 4.94. The SMILES string of the molecule is COC(=O)C(F)C(=O)c1ccc(Cl)c(Cl)c1. The van der Waals surface area contributed by atoms with Crippen LogP contribution in [0.1, 0.15) is 10.4 Å². The summed E-state index contributed by atoms with van der Waals surface area (Å²) in [7, 11) is 0.997. The number of halogens is 3. The summed E-state index contributed by atoms with van der Waals surface area (Å²) in [6, 6.07) is 3.83. The Morgan fingerprint density at radius 1 is 1.31 bits per heavy atom. The van der Waals surface area contributed by atoms with E-state index in [-0.39, 0.29) is 15.6 Å². The summed E-state index contributed by atoms with van der Waals surface area (Å²) in [5, 5.41) is 0.358. The van der Waals surface area contributed by atoms with Crippen molar-refractivity contribution in [3.8, 4) is 0 Å². The summed E-state index contributed by atoms with van der Waals surface area (Å²) in [4.78, 5) is 22.2. The van der Waals surface area contributed by atoms with Gasteiger partial charge < -0.3 is 4.74 Å². The van der Waals surface area contributed by atoms with Gasteiger partial charge in [-0.15, -0.1) is 0 Å². The van der Waals surface area contributed by atoms with Crippen LogP contribution in [0.3, 0.4) is 0 Å². The molecule has 1 aromatic carbocycles. The third-order valence-corrected chi connectivity index (χ3v) is 2.58. The Bertz CT molecular complexity index is 434. The smallest absolute Gasteiger partial charge is 0.348 e. The second-order valence-electron chi connectivity index (χ2n) is 2.88. The molecule has 0 fully saturated rings. The average Bonchev–Trinajstić information content (AvgIpc) is 2.29. The zero-order chi connectivity index (χ0) is 12.3. The first-order valence-electron chi connectivity index (χ1n) is 4.18. The van der Waals surface area contributed by atoms with Crippen molar-refractivity contribution in [2.24, 2.45) is 0 Å². The van der Waals surface area contributed by atoms with Crippen molar-refractivity contribution in [2.45, 2.75) is 6.17 Å². The molecule has 0 aliphatic rings. The molecule has 0 saturated heterocycles. The second kappa shape index (κ2) is 5.27. The van der Waals surface area contributed by atoms with Crippen LogP contribution >= 0.6 is 23.2 Å². The van der Waals surface area contributed by atoms with Crippen molar-refractivity contribution in [3.63, 3.8) is 0 Å². The zero-order valence-corrected chi connectivity index (χ0v) is 9.68. The van der Waals surface area contributed by atoms with Gasteiger partial charge in [0, 0.05) is 5.56 Å². The highest BCUT2D eigenvalue weighted by molar-refractivity contribution is 6.42. The minimum absolute atomic E-state index is 0.0349. The lowest BCUT2D eigenvalue weighted by molar-refractivity contribution is -0.144. The topological polar surface area (TPSA) is 43.4 Å². The molecular formula is C10H7Cl2FO3. The van der Waals surface area contributed by atoms with Crippen molar-refractivity contribution in [1.82, 2.24) is 0 Å². The number of benzene rings is 1. The Morgan fingerprint density at radius 2 is 1.94 bits per heavy atom. The molecule has 1 unspecified atom stereocenters. The van der Waals surface area contributed by atoms with Gasteiger partial charge in [0.05, 0.1) is 17.2 Å². The number of carbonyl (C=O) groups excluding carboxylic acids is 2. The summed E-state index contributed by atoms with van der Waals surface area (Å²) in [6.45, 7) is 0. The van der Waals surface area contributed by atoms with E-state index >= 15 is 0 Å². The van der Waals surface area contributed by atoms with Gasteiger partial charge in [0.25, 0.3) is 6.17 Å². The maximum atomic E-state index is 13.2. The number of Topliss-reactive ketones (excluding diaryl/α,β-unsaturated/α-hetero) is 1. The van der Waals surface area contributed by atoms with Crippen LogP contribution in [-0.4, -0.2) is 25.0 Å². The average molecular weight is 265 g/mol. The van der Waals surface area contributed by atoms with Gasteiger partial charge in [-0.25, -0.2) is 9.18 Å². The fourth-order valence-electron chi connectivity index (χ4n) is 1.01. The molecule has 0 N–H and O–H groups in total. The van der Waals surface area contributed by atoms with Crippen molar-refractivity contribution in [1.29, 1.82) is 0 Å². The molecule has 0 radical (unpaired) electrons. The minimum Gasteiger partial charge on any atom is -0.467 e. The standard InChI is InChI=1S/C10H7Cl2FO3/c1-16-10(15)8(13)9(14)5-2-3-6(11)7(12)4-5/h2-4,8H,1H3. The molecule has 1 rings (SSSR count). The molecule has 0 saturated carbocycles. The second-order valence-corrected chi connectivity index (χ2v) is 3.69. The molecule has 1 atom stereocenters. The first-order chi connectivity index (χ1) is 7.47. The number of ether oxygens (including phenoxy) is 1. The Hall–Kier alpha value is -1.13. The third kappa shape index (κ3) is 2.71. The molecule has 0 spiro atoms. The van der Waals surface area contributed by atoms with Gasteiger partial charge >= 0.3 is 5.97 Å². The predicted octanol–water partition coefficient (Wildman–Crippen LogP) is 2.69. The molecule has 3 nitrogen and oxygen atoms in total. The fourth-order valence-corrected chi connectivity index (χ4v) is 1.30. The number of hydrogen-bond acceptors (Lipinski definition) is 3. The fraction of sp³-hybridized carbons (Fsp3) is 0.200. The van der Waals surface area contributed by atoms with Crippen LogP contribution in [0.25, 0.3) is 0 Å². The van der Waals surface area contributed by atoms with Crippen LogP contribution in [0, 0.1) is 0 Å². The van der Waals surface area contributed by atoms with Gasteiger partial charge in [-0.05, 0) is 18.2 Å². The van der Waals surface area contributed by atoms with E-state index in [2.05, 4.69) is 4.74 Å². The van der Waals surface area contributed by atoms with Crippen molar-refractivity contribution >= 4 is 35.0 Å². The van der Waals surface area contributed by atoms with Gasteiger partial charge in [0.1, 0.15) is 0 Å². The lowest BCUT2D eigenvalue weighted by atomic mass is 10.1.